The van der Waals surface area contributed by atoms with Crippen LogP contribution in [0.2, 0.25) is 5.02 Å². The third kappa shape index (κ3) is 3.44. The van der Waals surface area contributed by atoms with Gasteiger partial charge in [-0.15, -0.1) is 0 Å². The lowest BCUT2D eigenvalue weighted by molar-refractivity contribution is -0.137. The Morgan fingerprint density at radius 1 is 1.05 bits per heavy atom. The Morgan fingerprint density at radius 3 is 2.33 bits per heavy atom. The minimum atomic E-state index is -4.58. The zero-order valence-corrected chi connectivity index (χ0v) is 12.5. The summed E-state index contributed by atoms with van der Waals surface area (Å²) < 4.78 is 51.4. The maximum Gasteiger partial charge on any atom is 0.416 e. The summed E-state index contributed by atoms with van der Waals surface area (Å²) in [5.41, 5.74) is -1.41. The molecular formula is C14H6BrClF4O. The topological polar surface area (TPSA) is 17.1 Å². The van der Waals surface area contributed by atoms with Gasteiger partial charge in [-0.3, -0.25) is 4.79 Å². The molecular weight excluding hydrogens is 376 g/mol. The van der Waals surface area contributed by atoms with Gasteiger partial charge in [0.05, 0.1) is 10.6 Å². The van der Waals surface area contributed by atoms with Gasteiger partial charge in [0.15, 0.2) is 5.78 Å². The van der Waals surface area contributed by atoms with Crippen molar-refractivity contribution in [2.24, 2.45) is 0 Å². The van der Waals surface area contributed by atoms with E-state index >= 15 is 0 Å². The molecule has 1 nitrogen and oxygen atoms in total. The van der Waals surface area contributed by atoms with Crippen molar-refractivity contribution < 1.29 is 22.4 Å². The summed E-state index contributed by atoms with van der Waals surface area (Å²) in [6.07, 6.45) is -4.58. The van der Waals surface area contributed by atoms with E-state index in [4.69, 9.17) is 11.6 Å². The van der Waals surface area contributed by atoms with Crippen LogP contribution in [-0.2, 0) is 6.18 Å². The summed E-state index contributed by atoms with van der Waals surface area (Å²) in [6.45, 7) is 0. The Labute approximate surface area is 130 Å². The lowest BCUT2D eigenvalue weighted by Gasteiger charge is -2.11. The molecule has 2 aromatic rings. The summed E-state index contributed by atoms with van der Waals surface area (Å²) in [4.78, 5) is 12.3. The van der Waals surface area contributed by atoms with Gasteiger partial charge in [0.2, 0.25) is 0 Å². The number of hydrogen-bond donors (Lipinski definition) is 0. The zero-order valence-electron chi connectivity index (χ0n) is 10.1. The molecule has 0 aliphatic rings. The summed E-state index contributed by atoms with van der Waals surface area (Å²) >= 11 is 8.81. The molecule has 0 N–H and O–H groups in total. The SMILES string of the molecule is O=C(c1cc(F)ccc1Cl)c1cc(C(F)(F)F)ccc1Br. The van der Waals surface area contributed by atoms with Gasteiger partial charge in [0.25, 0.3) is 0 Å². The van der Waals surface area contributed by atoms with Gasteiger partial charge < -0.3 is 0 Å². The highest BCUT2D eigenvalue weighted by atomic mass is 79.9. The van der Waals surface area contributed by atoms with Crippen molar-refractivity contribution in [2.45, 2.75) is 6.18 Å². The number of ketones is 1. The monoisotopic (exact) mass is 380 g/mol. The van der Waals surface area contributed by atoms with Gasteiger partial charge in [0, 0.05) is 15.6 Å². The minimum Gasteiger partial charge on any atom is -0.289 e. The van der Waals surface area contributed by atoms with E-state index in [1.807, 2.05) is 0 Å². The van der Waals surface area contributed by atoms with E-state index in [1.165, 1.54) is 6.07 Å². The van der Waals surface area contributed by atoms with Gasteiger partial charge >= 0.3 is 6.18 Å². The van der Waals surface area contributed by atoms with E-state index in [1.54, 1.807) is 0 Å². The number of rotatable bonds is 2. The van der Waals surface area contributed by atoms with Crippen LogP contribution in [0.3, 0.4) is 0 Å². The fourth-order valence-electron chi connectivity index (χ4n) is 1.69. The maximum absolute atomic E-state index is 13.2. The smallest absolute Gasteiger partial charge is 0.289 e. The third-order valence-electron chi connectivity index (χ3n) is 2.71. The molecule has 0 saturated heterocycles. The zero-order chi connectivity index (χ0) is 15.8. The molecule has 0 fully saturated rings. The van der Waals surface area contributed by atoms with Crippen molar-refractivity contribution >= 4 is 33.3 Å². The van der Waals surface area contributed by atoms with Crippen LogP contribution < -0.4 is 0 Å². The quantitative estimate of drug-likeness (QED) is 0.496. The standard InChI is InChI=1S/C14H6BrClF4O/c15-11-3-1-7(14(18,19)20)5-9(11)13(21)10-6-8(17)2-4-12(10)16/h1-6H. The molecule has 0 aliphatic heterocycles. The largest absolute Gasteiger partial charge is 0.416 e. The maximum atomic E-state index is 13.2. The Balaban J connectivity index is 2.55. The average Bonchev–Trinajstić information content (AvgIpc) is 2.40. The van der Waals surface area contributed by atoms with Crippen LogP contribution in [0.5, 0.6) is 0 Å². The molecule has 0 unspecified atom stereocenters. The highest BCUT2D eigenvalue weighted by Crippen LogP contribution is 2.33. The predicted octanol–water partition coefficient (Wildman–Crippen LogP) is 5.49. The fourth-order valence-corrected chi connectivity index (χ4v) is 2.32. The number of carbonyl (C=O) groups excluding carboxylic acids is 1. The van der Waals surface area contributed by atoms with Crippen molar-refractivity contribution in [1.82, 2.24) is 0 Å². The van der Waals surface area contributed by atoms with Crippen LogP contribution in [0.4, 0.5) is 17.6 Å². The van der Waals surface area contributed by atoms with E-state index in [0.717, 1.165) is 24.3 Å². The summed E-state index contributed by atoms with van der Waals surface area (Å²) in [5, 5.41) is -0.0364. The molecule has 110 valence electrons. The molecule has 7 heteroatoms. The lowest BCUT2D eigenvalue weighted by Crippen LogP contribution is -2.09. The summed E-state index contributed by atoms with van der Waals surface area (Å²) in [7, 11) is 0. The molecule has 2 rings (SSSR count). The second-order valence-electron chi connectivity index (χ2n) is 4.15. The number of alkyl halides is 3. The number of carbonyl (C=O) groups is 1. The van der Waals surface area contributed by atoms with Crippen molar-refractivity contribution in [3.63, 3.8) is 0 Å². The molecule has 0 bridgehead atoms. The van der Waals surface area contributed by atoms with Crippen molar-refractivity contribution in [1.29, 1.82) is 0 Å². The predicted molar refractivity (Wildman–Crippen MR) is 74.0 cm³/mol. The number of benzene rings is 2. The van der Waals surface area contributed by atoms with Gasteiger partial charge in [-0.2, -0.15) is 13.2 Å². The molecule has 0 atom stereocenters. The molecule has 2 aromatic carbocycles. The first-order valence-corrected chi connectivity index (χ1v) is 6.74. The molecule has 0 radical (unpaired) electrons. The molecule has 0 aromatic heterocycles. The third-order valence-corrected chi connectivity index (χ3v) is 3.73. The highest BCUT2D eigenvalue weighted by Gasteiger charge is 2.32. The molecule has 0 amide bonds. The van der Waals surface area contributed by atoms with Crippen molar-refractivity contribution in [3.8, 4) is 0 Å². The Morgan fingerprint density at radius 2 is 1.71 bits per heavy atom. The van der Waals surface area contributed by atoms with Crippen LogP contribution in [0.1, 0.15) is 21.5 Å². The van der Waals surface area contributed by atoms with E-state index < -0.39 is 23.3 Å². The highest BCUT2D eigenvalue weighted by molar-refractivity contribution is 9.10. The Hall–Kier alpha value is -1.40. The van der Waals surface area contributed by atoms with Gasteiger partial charge in [-0.25, -0.2) is 4.39 Å². The van der Waals surface area contributed by atoms with Gasteiger partial charge in [-0.1, -0.05) is 27.5 Å². The van der Waals surface area contributed by atoms with Crippen LogP contribution in [-0.4, -0.2) is 5.78 Å². The first-order chi connectivity index (χ1) is 9.70. The van der Waals surface area contributed by atoms with E-state index in [0.29, 0.717) is 6.07 Å². The van der Waals surface area contributed by atoms with E-state index in [-0.39, 0.29) is 20.6 Å². The Kier molecular flexibility index (Phi) is 4.39. The Bertz CT molecular complexity index is 713. The van der Waals surface area contributed by atoms with Crippen molar-refractivity contribution in [3.05, 3.63) is 68.4 Å². The molecule has 0 aliphatic carbocycles. The summed E-state index contributed by atoms with van der Waals surface area (Å²) in [6, 6.07) is 5.77. The normalized spacial score (nSPS) is 11.5. The first kappa shape index (κ1) is 16.0. The van der Waals surface area contributed by atoms with E-state index in [2.05, 4.69) is 15.9 Å². The number of halogens is 6. The average molecular weight is 382 g/mol. The number of hydrogen-bond acceptors (Lipinski definition) is 1. The second kappa shape index (κ2) is 5.77. The first-order valence-electron chi connectivity index (χ1n) is 5.56. The second-order valence-corrected chi connectivity index (χ2v) is 5.41. The lowest BCUT2D eigenvalue weighted by atomic mass is 10.0. The fraction of sp³-hybridized carbons (Fsp3) is 0.0714. The van der Waals surface area contributed by atoms with E-state index in [9.17, 15) is 22.4 Å². The summed E-state index contributed by atoms with van der Waals surface area (Å²) in [5.74, 6) is -1.50. The molecule has 0 heterocycles. The van der Waals surface area contributed by atoms with Crippen LogP contribution in [0, 0.1) is 5.82 Å². The van der Waals surface area contributed by atoms with Gasteiger partial charge in [0.1, 0.15) is 5.82 Å². The van der Waals surface area contributed by atoms with Crippen LogP contribution in [0.25, 0.3) is 0 Å². The van der Waals surface area contributed by atoms with Crippen LogP contribution in [0.15, 0.2) is 40.9 Å². The molecule has 0 spiro atoms. The molecule has 21 heavy (non-hydrogen) atoms. The van der Waals surface area contributed by atoms with Crippen molar-refractivity contribution in [2.75, 3.05) is 0 Å². The van der Waals surface area contributed by atoms with Gasteiger partial charge in [-0.05, 0) is 36.4 Å². The molecule has 0 saturated carbocycles. The van der Waals surface area contributed by atoms with Crippen LogP contribution >= 0.6 is 27.5 Å². The minimum absolute atomic E-state index is 0.0364.